The van der Waals surface area contributed by atoms with Gasteiger partial charge in [0.2, 0.25) is 5.91 Å². The number of aliphatic carboxylic acids is 1. The van der Waals surface area contributed by atoms with Crippen molar-refractivity contribution in [2.45, 2.75) is 103 Å². The van der Waals surface area contributed by atoms with Gasteiger partial charge in [-0.3, -0.25) is 9.32 Å². The number of carbonyl (C=O) groups is 2. The highest BCUT2D eigenvalue weighted by atomic mass is 31.2. The van der Waals surface area contributed by atoms with E-state index in [9.17, 15) is 19.3 Å². The molecule has 0 fully saturated rings. The summed E-state index contributed by atoms with van der Waals surface area (Å²) in [5.41, 5.74) is 0.921. The van der Waals surface area contributed by atoms with E-state index in [1.165, 1.54) is 44.9 Å². The predicted octanol–water partition coefficient (Wildman–Crippen LogP) is 9.13. The minimum Gasteiger partial charge on any atom is -0.480 e. The van der Waals surface area contributed by atoms with Gasteiger partial charge in [0, 0.05) is 6.42 Å². The summed E-state index contributed by atoms with van der Waals surface area (Å²) in [6.07, 6.45) is 11.1. The molecule has 0 aromatic heterocycles. The minimum atomic E-state index is -4.21. The zero-order valence-corrected chi connectivity index (χ0v) is 28.4. The maximum Gasteiger partial charge on any atom is 0.587 e. The first-order valence-electron chi connectivity index (χ1n) is 16.8. The van der Waals surface area contributed by atoms with Crippen LogP contribution in [0.25, 0.3) is 0 Å². The number of carbonyl (C=O) groups excluding carboxylic acids is 1. The van der Waals surface area contributed by atoms with Crippen molar-refractivity contribution < 1.29 is 37.6 Å². The molecule has 0 heterocycles. The monoisotopic (exact) mass is 667 g/mol. The summed E-state index contributed by atoms with van der Waals surface area (Å²) >= 11 is 0. The number of carboxylic acids is 1. The van der Waals surface area contributed by atoms with Crippen LogP contribution in [0.5, 0.6) is 11.5 Å². The molecule has 0 aliphatic heterocycles. The number of amides is 1. The Morgan fingerprint density at radius 1 is 0.702 bits per heavy atom. The molecule has 2 unspecified atom stereocenters. The number of phosphoric ester groups is 1. The second-order valence-electron chi connectivity index (χ2n) is 11.5. The molecule has 0 radical (unpaired) electrons. The van der Waals surface area contributed by atoms with E-state index in [1.807, 2.05) is 30.3 Å². The molecule has 0 bridgehead atoms. The van der Waals surface area contributed by atoms with Gasteiger partial charge in [0.25, 0.3) is 0 Å². The van der Waals surface area contributed by atoms with Crippen molar-refractivity contribution in [3.8, 4) is 11.5 Å². The van der Waals surface area contributed by atoms with Crippen LogP contribution >= 0.6 is 7.82 Å². The first-order valence-corrected chi connectivity index (χ1v) is 18.3. The van der Waals surface area contributed by atoms with E-state index in [4.69, 9.17) is 18.3 Å². The van der Waals surface area contributed by atoms with E-state index < -0.39 is 31.8 Å². The molecule has 256 valence electrons. The number of phosphoric acid groups is 1. The topological polar surface area (TPSA) is 120 Å². The van der Waals surface area contributed by atoms with Crippen LogP contribution in [0.3, 0.4) is 0 Å². The lowest BCUT2D eigenvalue weighted by Crippen LogP contribution is -2.46. The minimum absolute atomic E-state index is 0.176. The average Bonchev–Trinajstić information content (AvgIpc) is 3.07. The van der Waals surface area contributed by atoms with E-state index in [0.29, 0.717) is 6.42 Å². The van der Waals surface area contributed by atoms with Crippen molar-refractivity contribution in [3.05, 3.63) is 96.6 Å². The van der Waals surface area contributed by atoms with E-state index in [2.05, 4.69) is 12.2 Å². The summed E-state index contributed by atoms with van der Waals surface area (Å²) in [4.78, 5) is 25.5. The van der Waals surface area contributed by atoms with E-state index in [-0.39, 0.29) is 31.1 Å². The number of carboxylic acid groups (broad SMARTS) is 1. The lowest BCUT2D eigenvalue weighted by molar-refractivity contribution is -0.145. The molecule has 2 N–H and O–H groups in total. The normalized spacial score (nSPS) is 12.6. The van der Waals surface area contributed by atoms with Crippen molar-refractivity contribution in [3.63, 3.8) is 0 Å². The number of ether oxygens (including phenoxy) is 1. The van der Waals surface area contributed by atoms with Gasteiger partial charge in [0.1, 0.15) is 23.6 Å². The maximum atomic E-state index is 13.6. The lowest BCUT2D eigenvalue weighted by Gasteiger charge is -2.22. The van der Waals surface area contributed by atoms with E-state index in [0.717, 1.165) is 24.8 Å². The van der Waals surface area contributed by atoms with Crippen LogP contribution in [0.15, 0.2) is 91.0 Å². The Morgan fingerprint density at radius 3 is 1.70 bits per heavy atom. The largest absolute Gasteiger partial charge is 0.587 e. The van der Waals surface area contributed by atoms with Gasteiger partial charge in [0.05, 0.1) is 13.2 Å². The summed E-state index contributed by atoms with van der Waals surface area (Å²) in [6, 6.07) is 25.1. The summed E-state index contributed by atoms with van der Waals surface area (Å²) in [5.74, 6) is -1.22. The second kappa shape index (κ2) is 22.0. The van der Waals surface area contributed by atoms with Crippen molar-refractivity contribution in [1.29, 1.82) is 0 Å². The average molecular weight is 668 g/mol. The lowest BCUT2D eigenvalue weighted by atomic mass is 10.0. The maximum absolute atomic E-state index is 13.6. The molecule has 0 aliphatic rings. The molecule has 0 spiro atoms. The van der Waals surface area contributed by atoms with Crippen LogP contribution in [-0.2, 0) is 30.0 Å². The third-order valence-corrected chi connectivity index (χ3v) is 8.97. The zero-order chi connectivity index (χ0) is 33.6. The number of benzene rings is 3. The van der Waals surface area contributed by atoms with Gasteiger partial charge in [-0.25, -0.2) is 9.36 Å². The van der Waals surface area contributed by atoms with Gasteiger partial charge in [-0.05, 0) is 36.2 Å². The fourth-order valence-corrected chi connectivity index (χ4v) is 6.21. The Bertz CT molecular complexity index is 1280. The first-order chi connectivity index (χ1) is 22.9. The number of para-hydroxylation sites is 2. The summed E-state index contributed by atoms with van der Waals surface area (Å²) in [7, 11) is -4.21. The zero-order valence-electron chi connectivity index (χ0n) is 27.5. The van der Waals surface area contributed by atoms with Crippen molar-refractivity contribution in [2.24, 2.45) is 0 Å². The molecule has 3 aromatic carbocycles. The van der Waals surface area contributed by atoms with Gasteiger partial charge in [-0.15, -0.1) is 0 Å². The van der Waals surface area contributed by atoms with E-state index >= 15 is 0 Å². The van der Waals surface area contributed by atoms with Crippen molar-refractivity contribution >= 4 is 19.7 Å². The van der Waals surface area contributed by atoms with Crippen LogP contribution in [0.1, 0.15) is 89.5 Å². The van der Waals surface area contributed by atoms with Gasteiger partial charge < -0.3 is 24.2 Å². The van der Waals surface area contributed by atoms with Crippen LogP contribution < -0.4 is 14.4 Å². The Labute approximate surface area is 279 Å². The third kappa shape index (κ3) is 15.7. The SMILES string of the molecule is CCCCCCCCCCCCC(OCc1ccccc1)C(=O)NC(CCOP(=O)(Oc1ccccc1)Oc1ccccc1)C(=O)O. The highest BCUT2D eigenvalue weighted by Crippen LogP contribution is 2.49. The molecule has 0 saturated heterocycles. The molecule has 9 nitrogen and oxygen atoms in total. The molecule has 3 rings (SSSR count). The number of unbranched alkanes of at least 4 members (excludes halogenated alkanes) is 9. The molecular formula is C37H50NO8P. The fraction of sp³-hybridized carbons (Fsp3) is 0.459. The number of nitrogens with one attached hydrogen (secondary N) is 1. The number of hydrogen-bond donors (Lipinski definition) is 2. The molecule has 10 heteroatoms. The Hall–Kier alpha value is -3.65. The van der Waals surface area contributed by atoms with Gasteiger partial charge in [-0.2, -0.15) is 0 Å². The quantitative estimate of drug-likeness (QED) is 0.0678. The van der Waals surface area contributed by atoms with Crippen LogP contribution in [-0.4, -0.2) is 35.7 Å². The Balaban J connectivity index is 1.55. The summed E-state index contributed by atoms with van der Waals surface area (Å²) in [6.45, 7) is 2.13. The van der Waals surface area contributed by atoms with E-state index in [1.54, 1.807) is 60.7 Å². The molecule has 0 saturated carbocycles. The van der Waals surface area contributed by atoms with Crippen LogP contribution in [0.2, 0.25) is 0 Å². The summed E-state index contributed by atoms with van der Waals surface area (Å²) < 4.78 is 36.4. The molecule has 0 aliphatic carbocycles. The Kier molecular flexibility index (Phi) is 17.7. The van der Waals surface area contributed by atoms with Gasteiger partial charge in [-0.1, -0.05) is 138 Å². The standard InChI is InChI=1S/C37H50NO8P/c1-2-3-4-5-6-7-8-9-10-20-27-35(43-30-31-21-14-11-15-22-31)36(39)38-34(37(40)41)28-29-44-47(42,45-32-23-16-12-17-24-32)46-33-25-18-13-19-26-33/h11-19,21-26,34-35H,2-10,20,27-30H2,1H3,(H,38,39)(H,40,41). The first kappa shape index (κ1) is 37.8. The smallest absolute Gasteiger partial charge is 0.480 e. The van der Waals surface area contributed by atoms with Crippen LogP contribution in [0, 0.1) is 0 Å². The molecule has 47 heavy (non-hydrogen) atoms. The Morgan fingerprint density at radius 2 is 1.19 bits per heavy atom. The fourth-order valence-electron chi connectivity index (χ4n) is 4.97. The predicted molar refractivity (Wildman–Crippen MR) is 183 cm³/mol. The van der Waals surface area contributed by atoms with Crippen LogP contribution in [0.4, 0.5) is 0 Å². The van der Waals surface area contributed by atoms with Gasteiger partial charge in [0.15, 0.2) is 0 Å². The number of rotatable bonds is 25. The highest BCUT2D eigenvalue weighted by molar-refractivity contribution is 7.49. The molecule has 2 atom stereocenters. The second-order valence-corrected chi connectivity index (χ2v) is 13.1. The highest BCUT2D eigenvalue weighted by Gasteiger charge is 2.33. The van der Waals surface area contributed by atoms with Crippen molar-refractivity contribution in [2.75, 3.05) is 6.61 Å². The number of hydrogen-bond acceptors (Lipinski definition) is 7. The third-order valence-electron chi connectivity index (χ3n) is 7.60. The molecular weight excluding hydrogens is 617 g/mol. The van der Waals surface area contributed by atoms with Crippen molar-refractivity contribution in [1.82, 2.24) is 5.32 Å². The van der Waals surface area contributed by atoms with Gasteiger partial charge >= 0.3 is 13.8 Å². The molecule has 1 amide bonds. The molecule has 3 aromatic rings. The summed E-state index contributed by atoms with van der Waals surface area (Å²) in [5, 5.41) is 12.5.